The van der Waals surface area contributed by atoms with Gasteiger partial charge in [-0.05, 0) is 36.6 Å². The SMILES string of the molecule is COc1ccc(-c2cn3c(n2)CC(C)CC3)cc1. The Morgan fingerprint density at radius 2 is 2.06 bits per heavy atom. The number of ether oxygens (including phenoxy) is 1. The van der Waals surface area contributed by atoms with E-state index in [4.69, 9.17) is 9.72 Å². The van der Waals surface area contributed by atoms with Crippen LogP contribution in [-0.4, -0.2) is 16.7 Å². The second kappa shape index (κ2) is 4.48. The molecule has 1 aromatic carbocycles. The number of hydrogen-bond acceptors (Lipinski definition) is 2. The van der Waals surface area contributed by atoms with Crippen LogP contribution >= 0.6 is 0 Å². The van der Waals surface area contributed by atoms with E-state index in [2.05, 4.69) is 29.8 Å². The van der Waals surface area contributed by atoms with Crippen molar-refractivity contribution in [1.82, 2.24) is 9.55 Å². The largest absolute Gasteiger partial charge is 0.497 e. The van der Waals surface area contributed by atoms with Crippen molar-refractivity contribution < 1.29 is 4.74 Å². The molecule has 1 aromatic heterocycles. The molecule has 3 rings (SSSR count). The molecule has 3 nitrogen and oxygen atoms in total. The van der Waals surface area contributed by atoms with Crippen LogP contribution in [0.2, 0.25) is 0 Å². The van der Waals surface area contributed by atoms with Crippen molar-refractivity contribution in [3.05, 3.63) is 36.3 Å². The second-order valence-corrected chi connectivity index (χ2v) is 5.06. The molecule has 94 valence electrons. The molecule has 0 saturated carbocycles. The summed E-state index contributed by atoms with van der Waals surface area (Å²) >= 11 is 0. The summed E-state index contributed by atoms with van der Waals surface area (Å²) in [5, 5.41) is 0. The highest BCUT2D eigenvalue weighted by Crippen LogP contribution is 2.26. The Balaban J connectivity index is 1.92. The third kappa shape index (κ3) is 2.01. The highest BCUT2D eigenvalue weighted by Gasteiger charge is 2.17. The average molecular weight is 242 g/mol. The molecule has 1 unspecified atom stereocenters. The van der Waals surface area contributed by atoms with Crippen LogP contribution in [0.4, 0.5) is 0 Å². The Hall–Kier alpha value is -1.77. The van der Waals surface area contributed by atoms with Crippen molar-refractivity contribution in [2.24, 2.45) is 5.92 Å². The van der Waals surface area contributed by atoms with Crippen LogP contribution in [0.3, 0.4) is 0 Å². The van der Waals surface area contributed by atoms with Gasteiger partial charge in [-0.25, -0.2) is 4.98 Å². The molecule has 3 heteroatoms. The van der Waals surface area contributed by atoms with Gasteiger partial charge in [0, 0.05) is 24.7 Å². The Morgan fingerprint density at radius 1 is 1.28 bits per heavy atom. The van der Waals surface area contributed by atoms with Crippen molar-refractivity contribution in [2.75, 3.05) is 7.11 Å². The summed E-state index contributed by atoms with van der Waals surface area (Å²) in [6.07, 6.45) is 4.52. The van der Waals surface area contributed by atoms with Gasteiger partial charge in [0.25, 0.3) is 0 Å². The van der Waals surface area contributed by atoms with Crippen molar-refractivity contribution in [2.45, 2.75) is 26.3 Å². The molecule has 0 aliphatic carbocycles. The molecule has 18 heavy (non-hydrogen) atoms. The molecule has 1 atom stereocenters. The summed E-state index contributed by atoms with van der Waals surface area (Å²) in [6.45, 7) is 3.39. The van der Waals surface area contributed by atoms with E-state index in [1.54, 1.807) is 7.11 Å². The predicted octanol–water partition coefficient (Wildman–Crippen LogP) is 3.14. The molecular formula is C15H18N2O. The van der Waals surface area contributed by atoms with Gasteiger partial charge >= 0.3 is 0 Å². The number of nitrogens with zero attached hydrogens (tertiary/aromatic N) is 2. The first-order valence-electron chi connectivity index (χ1n) is 6.47. The van der Waals surface area contributed by atoms with E-state index in [9.17, 15) is 0 Å². The molecule has 1 aliphatic rings. The minimum atomic E-state index is 0.753. The zero-order valence-corrected chi connectivity index (χ0v) is 10.9. The monoisotopic (exact) mass is 242 g/mol. The van der Waals surface area contributed by atoms with Gasteiger partial charge < -0.3 is 9.30 Å². The van der Waals surface area contributed by atoms with Crippen molar-refractivity contribution >= 4 is 0 Å². The average Bonchev–Trinajstić information content (AvgIpc) is 2.81. The lowest BCUT2D eigenvalue weighted by Crippen LogP contribution is -2.16. The van der Waals surface area contributed by atoms with Gasteiger partial charge in [-0.2, -0.15) is 0 Å². The van der Waals surface area contributed by atoms with Gasteiger partial charge in [-0.15, -0.1) is 0 Å². The van der Waals surface area contributed by atoms with Crippen LogP contribution in [0.1, 0.15) is 19.2 Å². The molecular weight excluding hydrogens is 224 g/mol. The minimum absolute atomic E-state index is 0.753. The fourth-order valence-corrected chi connectivity index (χ4v) is 2.48. The maximum Gasteiger partial charge on any atom is 0.118 e. The Morgan fingerprint density at radius 3 is 2.78 bits per heavy atom. The first-order valence-corrected chi connectivity index (χ1v) is 6.47. The van der Waals surface area contributed by atoms with Crippen molar-refractivity contribution in [1.29, 1.82) is 0 Å². The van der Waals surface area contributed by atoms with Gasteiger partial charge in [0.2, 0.25) is 0 Å². The number of rotatable bonds is 2. The molecule has 2 heterocycles. The third-order valence-electron chi connectivity index (χ3n) is 3.64. The topological polar surface area (TPSA) is 27.1 Å². The van der Waals surface area contributed by atoms with E-state index in [1.807, 2.05) is 12.1 Å². The Kier molecular flexibility index (Phi) is 2.82. The molecule has 0 N–H and O–H groups in total. The van der Waals surface area contributed by atoms with Gasteiger partial charge in [0.05, 0.1) is 12.8 Å². The lowest BCUT2D eigenvalue weighted by atomic mass is 10.0. The zero-order chi connectivity index (χ0) is 12.5. The third-order valence-corrected chi connectivity index (χ3v) is 3.64. The summed E-state index contributed by atoms with van der Waals surface area (Å²) in [5.41, 5.74) is 2.23. The summed E-state index contributed by atoms with van der Waals surface area (Å²) < 4.78 is 7.47. The zero-order valence-electron chi connectivity index (χ0n) is 10.9. The molecule has 2 aromatic rings. The number of aryl methyl sites for hydroxylation is 1. The van der Waals surface area contributed by atoms with Crippen molar-refractivity contribution in [3.8, 4) is 17.0 Å². The first kappa shape index (κ1) is 11.3. The van der Waals surface area contributed by atoms with E-state index >= 15 is 0 Å². The van der Waals surface area contributed by atoms with Gasteiger partial charge in [-0.3, -0.25) is 0 Å². The number of methoxy groups -OCH3 is 1. The van der Waals surface area contributed by atoms with Crippen molar-refractivity contribution in [3.63, 3.8) is 0 Å². The minimum Gasteiger partial charge on any atom is -0.497 e. The summed E-state index contributed by atoms with van der Waals surface area (Å²) in [7, 11) is 1.69. The lowest BCUT2D eigenvalue weighted by Gasteiger charge is -2.18. The van der Waals surface area contributed by atoms with E-state index < -0.39 is 0 Å². The normalized spacial score (nSPS) is 18.4. The van der Waals surface area contributed by atoms with Gasteiger partial charge in [0.1, 0.15) is 11.6 Å². The standard InChI is InChI=1S/C15H18N2O/c1-11-7-8-17-10-14(16-15(17)9-11)12-3-5-13(18-2)6-4-12/h3-6,10-11H,7-9H2,1-2H3. The Bertz CT molecular complexity index is 542. The molecule has 0 amide bonds. The molecule has 0 spiro atoms. The second-order valence-electron chi connectivity index (χ2n) is 5.06. The summed E-state index contributed by atoms with van der Waals surface area (Å²) in [6, 6.07) is 8.10. The number of aromatic nitrogens is 2. The van der Waals surface area contributed by atoms with Crippen LogP contribution in [-0.2, 0) is 13.0 Å². The van der Waals surface area contributed by atoms with Gasteiger partial charge in [-0.1, -0.05) is 6.92 Å². The molecule has 0 radical (unpaired) electrons. The highest BCUT2D eigenvalue weighted by molar-refractivity contribution is 5.59. The number of hydrogen-bond donors (Lipinski definition) is 0. The van der Waals surface area contributed by atoms with E-state index in [0.29, 0.717) is 0 Å². The quantitative estimate of drug-likeness (QED) is 0.809. The number of imidazole rings is 1. The number of benzene rings is 1. The highest BCUT2D eigenvalue weighted by atomic mass is 16.5. The molecule has 0 saturated heterocycles. The summed E-state index contributed by atoms with van der Waals surface area (Å²) in [5.74, 6) is 2.86. The van der Waals surface area contributed by atoms with Crippen LogP contribution < -0.4 is 4.74 Å². The summed E-state index contributed by atoms with van der Waals surface area (Å²) in [4.78, 5) is 4.75. The van der Waals surface area contributed by atoms with Gasteiger partial charge in [0.15, 0.2) is 0 Å². The van der Waals surface area contributed by atoms with Crippen LogP contribution in [0.25, 0.3) is 11.3 Å². The van der Waals surface area contributed by atoms with E-state index in [0.717, 1.165) is 35.9 Å². The predicted molar refractivity (Wildman–Crippen MR) is 71.7 cm³/mol. The smallest absolute Gasteiger partial charge is 0.118 e. The van der Waals surface area contributed by atoms with Crippen LogP contribution in [0, 0.1) is 5.92 Å². The van der Waals surface area contributed by atoms with Crippen LogP contribution in [0.5, 0.6) is 5.75 Å². The van der Waals surface area contributed by atoms with Crippen LogP contribution in [0.15, 0.2) is 30.5 Å². The van der Waals surface area contributed by atoms with E-state index in [1.165, 1.54) is 12.2 Å². The maximum absolute atomic E-state index is 5.17. The number of fused-ring (bicyclic) bond motifs is 1. The molecule has 0 fully saturated rings. The fourth-order valence-electron chi connectivity index (χ4n) is 2.48. The first-order chi connectivity index (χ1) is 8.76. The molecule has 1 aliphatic heterocycles. The lowest BCUT2D eigenvalue weighted by molar-refractivity contribution is 0.409. The maximum atomic E-state index is 5.17. The molecule has 0 bridgehead atoms. The Labute approximate surface area is 107 Å². The fraction of sp³-hybridized carbons (Fsp3) is 0.400. The van der Waals surface area contributed by atoms with E-state index in [-0.39, 0.29) is 0 Å².